The van der Waals surface area contributed by atoms with Crippen molar-refractivity contribution in [1.29, 1.82) is 0 Å². The zero-order valence-electron chi connectivity index (χ0n) is 39.4. The Balaban J connectivity index is 1.03. The molecule has 1 aliphatic heterocycles. The average molecular weight is 951 g/mol. The van der Waals surface area contributed by atoms with Gasteiger partial charge in [-0.05, 0) is 132 Å². The minimum Gasteiger partial charge on any atom is -0.310 e. The third-order valence-electron chi connectivity index (χ3n) is 14.9. The molecule has 13 aromatic rings. The van der Waals surface area contributed by atoms with E-state index in [0.29, 0.717) is 0 Å². The van der Waals surface area contributed by atoms with Crippen molar-refractivity contribution in [2.45, 2.75) is 0 Å². The number of fused-ring (bicyclic) bond motifs is 10. The molecule has 1 aliphatic rings. The molecular weight excluding hydrogens is 905 g/mol. The third-order valence-corrected chi connectivity index (χ3v) is 20.9. The maximum absolute atomic E-state index is 3.07. The summed E-state index contributed by atoms with van der Waals surface area (Å²) in [4.78, 5) is 4.93. The predicted octanol–water partition coefficient (Wildman–Crippen LogP) is 16.3. The molecule has 0 amide bonds. The lowest BCUT2D eigenvalue weighted by Crippen LogP contribution is -2.73. The van der Waals surface area contributed by atoms with Gasteiger partial charge in [-0.2, -0.15) is 0 Å². The van der Waals surface area contributed by atoms with E-state index in [0.717, 1.165) is 34.1 Å². The first-order valence-corrected chi connectivity index (χ1v) is 27.6. The van der Waals surface area contributed by atoms with Gasteiger partial charge >= 0.3 is 0 Å². The fourth-order valence-electron chi connectivity index (χ4n) is 11.8. The molecule has 0 fully saturated rings. The number of hydrogen-bond acceptors (Lipinski definition) is 3. The summed E-state index contributed by atoms with van der Waals surface area (Å²) in [7, 11) is -3.07. The smallest absolute Gasteiger partial charge is 0.181 e. The van der Waals surface area contributed by atoms with Gasteiger partial charge < -0.3 is 9.80 Å². The van der Waals surface area contributed by atoms with Gasteiger partial charge in [-0.25, -0.2) is 0 Å². The normalized spacial score (nSPS) is 12.6. The topological polar surface area (TPSA) is 6.48 Å². The molecule has 0 saturated heterocycles. The Hall–Kier alpha value is -8.80. The van der Waals surface area contributed by atoms with Crippen LogP contribution in [-0.2, 0) is 0 Å². The van der Waals surface area contributed by atoms with Gasteiger partial charge in [0.1, 0.15) is 0 Å². The van der Waals surface area contributed by atoms with Gasteiger partial charge in [0.15, 0.2) is 8.07 Å². The SMILES string of the molecule is c1ccc(-c2ccc(N(c3ccccc3)c3cc4c(c5ccccc35)[Si](c3ccccc3)(c3ccccc3)c3cc(N(c5ccccc5)c5ccc6c(c5)sc5ccc7ccccc7c56)ccc3-4)cc2)cc1. The maximum atomic E-state index is 2.56. The quantitative estimate of drug-likeness (QED) is 0.133. The van der Waals surface area contributed by atoms with Gasteiger partial charge in [0.25, 0.3) is 0 Å². The number of nitrogens with zero attached hydrogens (tertiary/aromatic N) is 2. The Morgan fingerprint density at radius 1 is 0.306 bits per heavy atom. The van der Waals surface area contributed by atoms with Gasteiger partial charge in [-0.3, -0.25) is 0 Å². The van der Waals surface area contributed by atoms with E-state index in [4.69, 9.17) is 0 Å². The molecule has 338 valence electrons. The van der Waals surface area contributed by atoms with Gasteiger partial charge in [-0.1, -0.05) is 206 Å². The Morgan fingerprint density at radius 2 is 0.819 bits per heavy atom. The van der Waals surface area contributed by atoms with Crippen LogP contribution in [0, 0.1) is 0 Å². The van der Waals surface area contributed by atoms with E-state index >= 15 is 0 Å². The summed E-state index contributed by atoms with van der Waals surface area (Å²) in [6.07, 6.45) is 0. The highest BCUT2D eigenvalue weighted by atomic mass is 32.1. The molecule has 14 rings (SSSR count). The van der Waals surface area contributed by atoms with Crippen LogP contribution in [0.2, 0.25) is 0 Å². The zero-order valence-corrected chi connectivity index (χ0v) is 41.2. The van der Waals surface area contributed by atoms with Crippen molar-refractivity contribution in [3.05, 3.63) is 279 Å². The molecule has 0 aliphatic carbocycles. The zero-order chi connectivity index (χ0) is 47.6. The largest absolute Gasteiger partial charge is 0.310 e. The number of para-hydroxylation sites is 2. The second-order valence-corrected chi connectivity index (χ2v) is 23.6. The predicted molar refractivity (Wildman–Crippen MR) is 312 cm³/mol. The van der Waals surface area contributed by atoms with E-state index < -0.39 is 8.07 Å². The molecule has 0 bridgehead atoms. The van der Waals surface area contributed by atoms with Gasteiger partial charge in [-0.15, -0.1) is 11.3 Å². The van der Waals surface area contributed by atoms with E-state index in [9.17, 15) is 0 Å². The van der Waals surface area contributed by atoms with Crippen LogP contribution >= 0.6 is 11.3 Å². The number of benzene rings is 12. The molecule has 0 saturated carbocycles. The van der Waals surface area contributed by atoms with Crippen LogP contribution in [0.3, 0.4) is 0 Å². The maximum Gasteiger partial charge on any atom is 0.181 e. The molecular formula is C68H46N2SSi. The van der Waals surface area contributed by atoms with Crippen LogP contribution < -0.4 is 30.5 Å². The fourth-order valence-corrected chi connectivity index (χ4v) is 18.3. The van der Waals surface area contributed by atoms with Gasteiger partial charge in [0.05, 0.1) is 5.69 Å². The number of anilines is 6. The third kappa shape index (κ3) is 6.68. The highest BCUT2D eigenvalue weighted by molar-refractivity contribution is 7.26. The average Bonchev–Trinajstić information content (AvgIpc) is 3.99. The first-order valence-electron chi connectivity index (χ1n) is 24.7. The molecule has 4 heteroatoms. The van der Waals surface area contributed by atoms with Crippen molar-refractivity contribution in [2.24, 2.45) is 0 Å². The minimum absolute atomic E-state index is 1.11. The van der Waals surface area contributed by atoms with Crippen LogP contribution in [0.1, 0.15) is 0 Å². The summed E-state index contributed by atoms with van der Waals surface area (Å²) in [5, 5.41) is 13.3. The van der Waals surface area contributed by atoms with Crippen LogP contribution in [-0.4, -0.2) is 8.07 Å². The van der Waals surface area contributed by atoms with Crippen molar-refractivity contribution in [1.82, 2.24) is 0 Å². The van der Waals surface area contributed by atoms with Gasteiger partial charge in [0.2, 0.25) is 0 Å². The van der Waals surface area contributed by atoms with Crippen LogP contribution in [0.5, 0.6) is 0 Å². The monoisotopic (exact) mass is 950 g/mol. The van der Waals surface area contributed by atoms with E-state index in [2.05, 4.69) is 289 Å². The summed E-state index contributed by atoms with van der Waals surface area (Å²) in [5.41, 5.74) is 11.7. The van der Waals surface area contributed by atoms with Crippen LogP contribution in [0.25, 0.3) is 64.0 Å². The van der Waals surface area contributed by atoms with Crippen molar-refractivity contribution >= 4 is 116 Å². The van der Waals surface area contributed by atoms with Crippen molar-refractivity contribution in [3.8, 4) is 22.3 Å². The summed E-state index contributed by atoms with van der Waals surface area (Å²) >= 11 is 1.88. The fraction of sp³-hybridized carbons (Fsp3) is 0. The standard InChI is InChI=1S/C68H46N2SSi/c1-6-20-47(21-7-1)48-34-37-52(38-35-48)70(51-25-10-3-11-26-51)63-46-62-59-41-39-54(45-66(59)72(55-27-12-4-13-28-55,56-29-14-5-15-30-56)68(62)60-33-19-18-32-58(60)63)69(50-23-8-2-9-24-50)53-40-42-61-65(44-53)71-64-43-36-49-22-16-17-31-57(49)67(61)64/h1-46H. The van der Waals surface area contributed by atoms with Crippen molar-refractivity contribution in [3.63, 3.8) is 0 Å². The molecule has 12 aromatic carbocycles. The Bertz CT molecular complexity index is 4100. The first kappa shape index (κ1) is 42.1. The summed E-state index contributed by atoms with van der Waals surface area (Å²) in [6.45, 7) is 0. The highest BCUT2D eigenvalue weighted by Gasteiger charge is 2.50. The van der Waals surface area contributed by atoms with Crippen molar-refractivity contribution < 1.29 is 0 Å². The minimum atomic E-state index is -3.07. The summed E-state index contributed by atoms with van der Waals surface area (Å²) < 4.78 is 2.59. The molecule has 72 heavy (non-hydrogen) atoms. The Kier molecular flexibility index (Phi) is 10.1. The first-order chi connectivity index (χ1) is 35.7. The Labute approximate surface area is 424 Å². The molecule has 0 unspecified atom stereocenters. The van der Waals surface area contributed by atoms with Crippen LogP contribution in [0.4, 0.5) is 34.1 Å². The number of rotatable bonds is 9. The molecule has 2 heterocycles. The lowest BCUT2D eigenvalue weighted by Gasteiger charge is -2.34. The highest BCUT2D eigenvalue weighted by Crippen LogP contribution is 2.46. The Morgan fingerprint density at radius 3 is 1.50 bits per heavy atom. The summed E-state index contributed by atoms with van der Waals surface area (Å²) in [5.74, 6) is 0. The van der Waals surface area contributed by atoms with E-state index in [1.54, 1.807) is 0 Å². The van der Waals surface area contributed by atoms with E-state index in [-0.39, 0.29) is 0 Å². The lowest BCUT2D eigenvalue weighted by molar-refractivity contribution is 1.29. The molecule has 0 radical (unpaired) electrons. The van der Waals surface area contributed by atoms with Crippen LogP contribution in [0.15, 0.2) is 279 Å². The molecule has 0 N–H and O–H groups in total. The summed E-state index contributed by atoms with van der Waals surface area (Å²) in [6, 6.07) is 104. The lowest BCUT2D eigenvalue weighted by atomic mass is 9.97. The van der Waals surface area contributed by atoms with E-state index in [1.807, 2.05) is 11.3 Å². The molecule has 1 aromatic heterocycles. The number of hydrogen-bond donors (Lipinski definition) is 0. The molecule has 0 spiro atoms. The van der Waals surface area contributed by atoms with Gasteiger partial charge in [0, 0.05) is 54.0 Å². The van der Waals surface area contributed by atoms with Crippen molar-refractivity contribution in [2.75, 3.05) is 9.80 Å². The second-order valence-electron chi connectivity index (χ2n) is 18.8. The molecule has 2 nitrogen and oxygen atoms in total. The van der Waals surface area contributed by atoms with E-state index in [1.165, 1.54) is 84.7 Å². The second kappa shape index (κ2) is 17.3. The molecule has 0 atom stereocenters. The number of thiophene rings is 1.